The second-order valence-electron chi connectivity index (χ2n) is 5.12. The highest BCUT2D eigenvalue weighted by Crippen LogP contribution is 2.26. The Bertz CT molecular complexity index is 607. The summed E-state index contributed by atoms with van der Waals surface area (Å²) in [4.78, 5) is 13.4. The molecule has 1 aliphatic heterocycles. The summed E-state index contributed by atoms with van der Waals surface area (Å²) in [6.45, 7) is 1.19. The smallest absolute Gasteiger partial charge is 0.236 e. The quantitative estimate of drug-likeness (QED) is 0.870. The van der Waals surface area contributed by atoms with E-state index in [4.69, 9.17) is 10.5 Å². The second kappa shape index (κ2) is 6.44. The highest BCUT2D eigenvalue weighted by atomic mass is 32.2. The first-order chi connectivity index (χ1) is 9.91. The van der Waals surface area contributed by atoms with Gasteiger partial charge in [-0.1, -0.05) is 12.1 Å². The van der Waals surface area contributed by atoms with Gasteiger partial charge < -0.3 is 15.4 Å². The zero-order valence-electron chi connectivity index (χ0n) is 12.0. The molecular weight excluding hydrogens is 292 g/mol. The van der Waals surface area contributed by atoms with Crippen LogP contribution >= 0.6 is 0 Å². The predicted molar refractivity (Wildman–Crippen MR) is 78.8 cm³/mol. The van der Waals surface area contributed by atoms with Gasteiger partial charge in [-0.3, -0.25) is 4.79 Å². The number of likely N-dealkylation sites (tertiary alicyclic amines) is 1. The van der Waals surface area contributed by atoms with Crippen LogP contribution in [0.1, 0.15) is 12.8 Å². The largest absolute Gasteiger partial charge is 0.489 e. The van der Waals surface area contributed by atoms with E-state index in [9.17, 15) is 13.2 Å². The number of nitrogens with zero attached hydrogens (tertiary/aromatic N) is 1. The zero-order chi connectivity index (χ0) is 15.5. The van der Waals surface area contributed by atoms with Gasteiger partial charge in [-0.05, 0) is 12.1 Å². The maximum absolute atomic E-state index is 11.7. The molecule has 7 heteroatoms. The van der Waals surface area contributed by atoms with Crippen molar-refractivity contribution in [2.75, 3.05) is 25.9 Å². The summed E-state index contributed by atoms with van der Waals surface area (Å²) < 4.78 is 29.3. The molecule has 1 fully saturated rings. The summed E-state index contributed by atoms with van der Waals surface area (Å²) in [6, 6.07) is 6.62. The highest BCUT2D eigenvalue weighted by Gasteiger charge is 2.24. The number of hydrogen-bond donors (Lipinski definition) is 1. The van der Waals surface area contributed by atoms with Crippen LogP contribution in [0.2, 0.25) is 0 Å². The van der Waals surface area contributed by atoms with Crippen LogP contribution in [0.25, 0.3) is 0 Å². The molecule has 0 aromatic heterocycles. The summed E-state index contributed by atoms with van der Waals surface area (Å²) in [5.74, 6) is 0.314. The van der Waals surface area contributed by atoms with E-state index in [1.165, 1.54) is 6.07 Å². The minimum absolute atomic E-state index is 0.0163. The fourth-order valence-electron chi connectivity index (χ4n) is 2.39. The van der Waals surface area contributed by atoms with Crippen molar-refractivity contribution in [3.63, 3.8) is 0 Å². The number of carbonyl (C=O) groups is 1. The van der Waals surface area contributed by atoms with Crippen molar-refractivity contribution in [3.05, 3.63) is 24.3 Å². The van der Waals surface area contributed by atoms with Gasteiger partial charge in [0.2, 0.25) is 5.91 Å². The minimum Gasteiger partial charge on any atom is -0.489 e. The Morgan fingerprint density at radius 3 is 2.52 bits per heavy atom. The molecule has 0 spiro atoms. The van der Waals surface area contributed by atoms with E-state index in [1.54, 1.807) is 23.1 Å². The molecule has 21 heavy (non-hydrogen) atoms. The third-order valence-electron chi connectivity index (χ3n) is 3.51. The van der Waals surface area contributed by atoms with Crippen molar-refractivity contribution in [3.8, 4) is 5.75 Å². The number of rotatable bonds is 4. The lowest BCUT2D eigenvalue weighted by Crippen LogP contribution is -2.44. The molecule has 0 saturated carbocycles. The number of carbonyl (C=O) groups excluding carboxylic acids is 1. The Hall–Kier alpha value is -1.60. The normalized spacial score (nSPS) is 16.8. The molecule has 1 aromatic rings. The summed E-state index contributed by atoms with van der Waals surface area (Å²) in [5.41, 5.74) is 5.34. The van der Waals surface area contributed by atoms with Crippen molar-refractivity contribution in [2.45, 2.75) is 23.8 Å². The molecule has 1 aliphatic rings. The molecule has 1 amide bonds. The van der Waals surface area contributed by atoms with Crippen LogP contribution in [0.5, 0.6) is 5.75 Å². The Balaban J connectivity index is 2.03. The van der Waals surface area contributed by atoms with E-state index < -0.39 is 9.84 Å². The van der Waals surface area contributed by atoms with Crippen LogP contribution in [0, 0.1) is 0 Å². The number of sulfone groups is 1. The van der Waals surface area contributed by atoms with E-state index in [0.717, 1.165) is 6.26 Å². The molecule has 0 atom stereocenters. The number of amides is 1. The van der Waals surface area contributed by atoms with Crippen molar-refractivity contribution >= 4 is 15.7 Å². The number of nitrogens with two attached hydrogens (primary N) is 1. The molecule has 2 N–H and O–H groups in total. The molecule has 1 heterocycles. The second-order valence-corrected chi connectivity index (χ2v) is 7.11. The summed E-state index contributed by atoms with van der Waals surface area (Å²) in [5, 5.41) is 0. The lowest BCUT2D eigenvalue weighted by atomic mass is 10.1. The molecule has 1 aromatic carbocycles. The van der Waals surface area contributed by atoms with Gasteiger partial charge in [-0.25, -0.2) is 8.42 Å². The summed E-state index contributed by atoms with van der Waals surface area (Å²) >= 11 is 0. The maximum atomic E-state index is 11.7. The minimum atomic E-state index is -3.32. The molecule has 0 bridgehead atoms. The molecule has 0 unspecified atom stereocenters. The number of hydrogen-bond acceptors (Lipinski definition) is 5. The fraction of sp³-hybridized carbons (Fsp3) is 0.500. The first kappa shape index (κ1) is 15.8. The van der Waals surface area contributed by atoms with Crippen LogP contribution in [-0.4, -0.2) is 51.2 Å². The van der Waals surface area contributed by atoms with Crippen LogP contribution in [-0.2, 0) is 14.6 Å². The molecule has 116 valence electrons. The van der Waals surface area contributed by atoms with Gasteiger partial charge in [0.05, 0.1) is 6.54 Å². The van der Waals surface area contributed by atoms with E-state index in [1.807, 2.05) is 0 Å². The lowest BCUT2D eigenvalue weighted by molar-refractivity contribution is -0.131. The number of para-hydroxylation sites is 1. The van der Waals surface area contributed by atoms with Gasteiger partial charge in [0.1, 0.15) is 16.7 Å². The van der Waals surface area contributed by atoms with Gasteiger partial charge in [0.25, 0.3) is 0 Å². The summed E-state index contributed by atoms with van der Waals surface area (Å²) in [7, 11) is -3.32. The molecule has 0 radical (unpaired) electrons. The molecule has 0 aliphatic carbocycles. The van der Waals surface area contributed by atoms with Gasteiger partial charge in [0, 0.05) is 32.2 Å². The third-order valence-corrected chi connectivity index (χ3v) is 4.65. The van der Waals surface area contributed by atoms with E-state index in [-0.39, 0.29) is 23.5 Å². The molecule has 1 saturated heterocycles. The molecular formula is C14H20N2O4S. The van der Waals surface area contributed by atoms with Crippen molar-refractivity contribution in [1.82, 2.24) is 4.90 Å². The van der Waals surface area contributed by atoms with E-state index >= 15 is 0 Å². The SMILES string of the molecule is CS(=O)(=O)c1ccccc1OC1CCN(C(=O)CN)CC1. The van der Waals surface area contributed by atoms with Crippen LogP contribution < -0.4 is 10.5 Å². The first-order valence-corrected chi connectivity index (χ1v) is 8.74. The molecule has 2 rings (SSSR count). The Morgan fingerprint density at radius 2 is 1.95 bits per heavy atom. The number of ether oxygens (including phenoxy) is 1. The van der Waals surface area contributed by atoms with Crippen LogP contribution in [0.15, 0.2) is 29.2 Å². The monoisotopic (exact) mass is 312 g/mol. The van der Waals surface area contributed by atoms with Gasteiger partial charge in [0.15, 0.2) is 9.84 Å². The number of benzene rings is 1. The lowest BCUT2D eigenvalue weighted by Gasteiger charge is -2.32. The predicted octanol–water partition coefficient (Wildman–Crippen LogP) is 0.419. The summed E-state index contributed by atoms with van der Waals surface area (Å²) in [6.07, 6.45) is 2.42. The molecule has 6 nitrogen and oxygen atoms in total. The third kappa shape index (κ3) is 3.95. The van der Waals surface area contributed by atoms with Crippen molar-refractivity contribution < 1.29 is 17.9 Å². The Labute approximate surface area is 124 Å². The van der Waals surface area contributed by atoms with E-state index in [2.05, 4.69) is 0 Å². The standard InChI is InChI=1S/C14H20N2O4S/c1-21(18,19)13-5-3-2-4-12(13)20-11-6-8-16(9-7-11)14(17)10-15/h2-5,11H,6-10,15H2,1H3. The highest BCUT2D eigenvalue weighted by molar-refractivity contribution is 7.90. The fourth-order valence-corrected chi connectivity index (χ4v) is 3.19. The van der Waals surface area contributed by atoms with E-state index in [0.29, 0.717) is 31.7 Å². The van der Waals surface area contributed by atoms with Gasteiger partial charge >= 0.3 is 0 Å². The first-order valence-electron chi connectivity index (χ1n) is 6.85. The zero-order valence-corrected chi connectivity index (χ0v) is 12.8. The van der Waals surface area contributed by atoms with Gasteiger partial charge in [-0.15, -0.1) is 0 Å². The topological polar surface area (TPSA) is 89.7 Å². The van der Waals surface area contributed by atoms with Crippen molar-refractivity contribution in [2.24, 2.45) is 5.73 Å². The average Bonchev–Trinajstić information content (AvgIpc) is 2.47. The van der Waals surface area contributed by atoms with Crippen LogP contribution in [0.3, 0.4) is 0 Å². The number of piperidine rings is 1. The van der Waals surface area contributed by atoms with Crippen molar-refractivity contribution in [1.29, 1.82) is 0 Å². The Kier molecular flexibility index (Phi) is 4.84. The average molecular weight is 312 g/mol. The Morgan fingerprint density at radius 1 is 1.33 bits per heavy atom. The van der Waals surface area contributed by atoms with Gasteiger partial charge in [-0.2, -0.15) is 0 Å². The van der Waals surface area contributed by atoms with Crippen LogP contribution in [0.4, 0.5) is 0 Å². The maximum Gasteiger partial charge on any atom is 0.236 e.